The van der Waals surface area contributed by atoms with Crippen LogP contribution in [0.4, 0.5) is 0 Å². The predicted molar refractivity (Wildman–Crippen MR) is 114 cm³/mol. The molecule has 32 heavy (non-hydrogen) atoms. The number of thioether (sulfide) groups is 1. The Bertz CT molecular complexity index is 920. The normalized spacial score (nSPS) is 30.2. The van der Waals surface area contributed by atoms with E-state index in [1.54, 1.807) is 18.7 Å². The molecule has 0 radical (unpaired) electrons. The van der Waals surface area contributed by atoms with Crippen LogP contribution in [0, 0.1) is 11.8 Å². The van der Waals surface area contributed by atoms with E-state index in [0.717, 1.165) is 24.3 Å². The van der Waals surface area contributed by atoms with Gasteiger partial charge in [0.1, 0.15) is 24.1 Å². The highest BCUT2D eigenvalue weighted by atomic mass is 35.5. The summed E-state index contributed by atoms with van der Waals surface area (Å²) in [5.74, 6) is -1.99. The fraction of sp³-hybridized carbons (Fsp3) is 0.667. The van der Waals surface area contributed by atoms with Crippen molar-refractivity contribution in [1.29, 1.82) is 0 Å². The maximum absolute atomic E-state index is 12.5. The van der Waals surface area contributed by atoms with E-state index >= 15 is 0 Å². The highest BCUT2D eigenvalue weighted by Crippen LogP contribution is 2.51. The largest absolute Gasteiger partial charge is 1.00 e. The van der Waals surface area contributed by atoms with Gasteiger partial charge in [0.25, 0.3) is 0 Å². The summed E-state index contributed by atoms with van der Waals surface area (Å²) in [6.45, 7) is 5.00. The summed E-state index contributed by atoms with van der Waals surface area (Å²) in [5.41, 5.74) is 1.27. The van der Waals surface area contributed by atoms with E-state index in [1.165, 1.54) is 10.6 Å². The number of hydrogen-bond acceptors (Lipinski definition) is 6. The van der Waals surface area contributed by atoms with Gasteiger partial charge in [0, 0.05) is 35.1 Å². The number of aliphatic hydroxyl groups is 2. The molecule has 1 aromatic rings. The molecule has 3 aliphatic rings. The number of amides is 1. The summed E-state index contributed by atoms with van der Waals surface area (Å²) in [7, 11) is 1.99. The van der Waals surface area contributed by atoms with E-state index in [9.17, 15) is 19.8 Å². The van der Waals surface area contributed by atoms with E-state index in [-0.39, 0.29) is 53.9 Å². The summed E-state index contributed by atoms with van der Waals surface area (Å²) in [5, 5.41) is 32.7. The Hall–Kier alpha value is -1.59. The predicted octanol–water partition coefficient (Wildman–Crippen LogP) is -3.53. The highest BCUT2D eigenvalue weighted by Gasteiger charge is 2.60. The molecular formula is C21H31ClN4O5S. The topological polar surface area (TPSA) is 119 Å². The fourth-order valence-corrected chi connectivity index (χ4v) is 6.70. The number of fused-ring (bicyclic) bond motifs is 1. The summed E-state index contributed by atoms with van der Waals surface area (Å²) >= 11 is 1.57. The molecule has 9 nitrogen and oxygen atoms in total. The number of carboxylic acids is 1. The van der Waals surface area contributed by atoms with Crippen molar-refractivity contribution in [2.24, 2.45) is 18.9 Å². The number of hydrogen-bond donors (Lipinski definition) is 4. The summed E-state index contributed by atoms with van der Waals surface area (Å²) in [4.78, 5) is 26.6. The van der Waals surface area contributed by atoms with Gasteiger partial charge in [0.05, 0.1) is 31.7 Å². The molecule has 2 fully saturated rings. The average Bonchev–Trinajstić information content (AvgIpc) is 3.33. The maximum Gasteiger partial charge on any atom is 0.353 e. The number of aliphatic carboxylic acids is 1. The van der Waals surface area contributed by atoms with Crippen LogP contribution in [0.2, 0.25) is 0 Å². The van der Waals surface area contributed by atoms with Crippen molar-refractivity contribution in [3.05, 3.63) is 28.8 Å². The van der Waals surface area contributed by atoms with Gasteiger partial charge in [0.15, 0.2) is 0 Å². The van der Waals surface area contributed by atoms with Crippen LogP contribution in [0.25, 0.3) is 0 Å². The summed E-state index contributed by atoms with van der Waals surface area (Å²) in [6.07, 6.45) is 4.99. The minimum absolute atomic E-state index is 0. The molecule has 1 aromatic heterocycles. The first-order valence-corrected chi connectivity index (χ1v) is 11.6. The Morgan fingerprint density at radius 1 is 1.44 bits per heavy atom. The van der Waals surface area contributed by atoms with Crippen molar-refractivity contribution >= 4 is 23.6 Å². The number of aryl methyl sites for hydroxylation is 1. The van der Waals surface area contributed by atoms with Crippen LogP contribution in [0.5, 0.6) is 0 Å². The van der Waals surface area contributed by atoms with Crippen LogP contribution in [0.3, 0.4) is 0 Å². The molecule has 2 saturated heterocycles. The van der Waals surface area contributed by atoms with Gasteiger partial charge in [-0.25, -0.2) is 13.9 Å². The Morgan fingerprint density at radius 2 is 2.16 bits per heavy atom. The third-order valence-electron chi connectivity index (χ3n) is 6.69. The van der Waals surface area contributed by atoms with Gasteiger partial charge in [-0.2, -0.15) is 0 Å². The molecule has 0 aromatic carbocycles. The maximum atomic E-state index is 12.5. The van der Waals surface area contributed by atoms with Gasteiger partial charge >= 0.3 is 5.97 Å². The molecule has 4 N–H and O–H groups in total. The number of β-lactam (4-membered cyclic amide) rings is 1. The van der Waals surface area contributed by atoms with Gasteiger partial charge in [-0.1, -0.05) is 6.92 Å². The van der Waals surface area contributed by atoms with Gasteiger partial charge in [-0.15, -0.1) is 11.8 Å². The first-order valence-electron chi connectivity index (χ1n) is 10.8. The van der Waals surface area contributed by atoms with Crippen LogP contribution in [0.1, 0.15) is 26.0 Å². The first-order chi connectivity index (χ1) is 14.7. The number of imidazole rings is 1. The summed E-state index contributed by atoms with van der Waals surface area (Å²) < 4.78 is 4.04. The molecule has 6 atom stereocenters. The van der Waals surface area contributed by atoms with Gasteiger partial charge in [0.2, 0.25) is 12.2 Å². The standard InChI is InChI=1S/C21H30N4O5S.ClH/c1-11-17-16(12(2)27)20(28)25(17)18(21(29)30)19(11)31-15-7-13(22-8-15)6-14-9-24(4-5-26)10-23(14)3;/h9-13,15-17,22,26-27H,4-8H2,1-3H3;1H/t11-,12-,13-,15+,16-,17-;/m1./s1. The van der Waals surface area contributed by atoms with Crippen molar-refractivity contribution in [1.82, 2.24) is 14.8 Å². The first kappa shape index (κ1) is 25.0. The summed E-state index contributed by atoms with van der Waals surface area (Å²) in [6, 6.07) is 0.0136. The third kappa shape index (κ3) is 4.31. The average molecular weight is 487 g/mol. The van der Waals surface area contributed by atoms with Gasteiger partial charge in [-0.3, -0.25) is 4.79 Å². The lowest BCUT2D eigenvalue weighted by atomic mass is 9.79. The third-order valence-corrected chi connectivity index (χ3v) is 8.20. The quantitative estimate of drug-likeness (QED) is 0.222. The number of carboxylic acid groups (broad SMARTS) is 1. The molecule has 11 heteroatoms. The van der Waals surface area contributed by atoms with Crippen molar-refractivity contribution < 1.29 is 41.9 Å². The van der Waals surface area contributed by atoms with Crippen LogP contribution < -0.4 is 22.3 Å². The number of carbonyl (C=O) groups is 2. The van der Waals surface area contributed by atoms with Gasteiger partial charge < -0.3 is 37.9 Å². The molecule has 1 amide bonds. The van der Waals surface area contributed by atoms with Crippen molar-refractivity contribution in [2.75, 3.05) is 13.2 Å². The number of aromatic nitrogens is 2. The Kier molecular flexibility index (Phi) is 7.61. The van der Waals surface area contributed by atoms with E-state index in [0.29, 0.717) is 6.54 Å². The number of rotatable bonds is 8. The Labute approximate surface area is 197 Å². The molecule has 3 aliphatic heterocycles. The number of halogens is 1. The number of aliphatic hydroxyl groups excluding tert-OH is 2. The number of nitrogens with zero attached hydrogens (tertiary/aromatic N) is 3. The fourth-order valence-electron chi connectivity index (χ4n) is 5.18. The lowest BCUT2D eigenvalue weighted by molar-refractivity contribution is -0.697. The second-order valence-corrected chi connectivity index (χ2v) is 10.2. The van der Waals surface area contributed by atoms with Crippen LogP contribution in [-0.4, -0.2) is 73.3 Å². The highest BCUT2D eigenvalue weighted by molar-refractivity contribution is 8.03. The van der Waals surface area contributed by atoms with Crippen LogP contribution in [-0.2, 0) is 29.6 Å². The molecule has 0 unspecified atom stereocenters. The minimum atomic E-state index is -1.08. The Balaban J connectivity index is 0.00000289. The molecule has 0 saturated carbocycles. The Morgan fingerprint density at radius 3 is 2.78 bits per heavy atom. The van der Waals surface area contributed by atoms with Crippen molar-refractivity contribution in [3.8, 4) is 0 Å². The smallest absolute Gasteiger partial charge is 0.353 e. The van der Waals surface area contributed by atoms with E-state index < -0.39 is 18.0 Å². The molecule has 4 heterocycles. The molecular weight excluding hydrogens is 456 g/mol. The number of carbonyl (C=O) groups excluding carboxylic acids is 1. The number of nitrogens with one attached hydrogen (secondary N) is 1. The zero-order chi connectivity index (χ0) is 22.4. The molecule has 178 valence electrons. The lowest BCUT2D eigenvalue weighted by Crippen LogP contribution is -3.00. The van der Waals surface area contributed by atoms with E-state index in [1.807, 2.05) is 24.9 Å². The lowest BCUT2D eigenvalue weighted by Gasteiger charge is -2.46. The zero-order valence-corrected chi connectivity index (χ0v) is 20.0. The van der Waals surface area contributed by atoms with Gasteiger partial charge in [-0.05, 0) is 13.3 Å². The van der Waals surface area contributed by atoms with Crippen LogP contribution >= 0.6 is 11.8 Å². The van der Waals surface area contributed by atoms with E-state index in [2.05, 4.69) is 16.1 Å². The van der Waals surface area contributed by atoms with Crippen LogP contribution in [0.15, 0.2) is 23.1 Å². The minimum Gasteiger partial charge on any atom is -1.00 e. The molecule has 0 aliphatic carbocycles. The zero-order valence-electron chi connectivity index (χ0n) is 18.4. The van der Waals surface area contributed by atoms with Crippen molar-refractivity contribution in [2.45, 2.75) is 56.7 Å². The van der Waals surface area contributed by atoms with E-state index in [4.69, 9.17) is 5.11 Å². The molecule has 0 bridgehead atoms. The SMILES string of the molecule is C[C@@H](O)[C@H]1C(=O)N2C(C(=O)O)=C(S[C@@H]3CN[C@H](Cc4c[n+](CCO)cn4C)C3)[C@H](C)[C@H]12.[Cl-]. The second kappa shape index (κ2) is 9.72. The second-order valence-electron chi connectivity index (χ2n) is 8.87. The molecule has 0 spiro atoms. The van der Waals surface area contributed by atoms with Crippen molar-refractivity contribution in [3.63, 3.8) is 0 Å². The monoisotopic (exact) mass is 486 g/mol. The molecule has 4 rings (SSSR count).